The number of ether oxygens (including phenoxy) is 1. The van der Waals surface area contributed by atoms with Gasteiger partial charge in [0.1, 0.15) is 0 Å². The number of rotatable bonds is 4. The van der Waals surface area contributed by atoms with Crippen molar-refractivity contribution in [2.24, 2.45) is 0 Å². The number of carbonyl (C=O) groups is 4. The number of hydrogen-bond acceptors (Lipinski definition) is 6. The molecule has 114 valence electrons. The molecule has 5 nitrogen and oxygen atoms in total. The van der Waals surface area contributed by atoms with Gasteiger partial charge in [-0.15, -0.1) is 11.8 Å². The van der Waals surface area contributed by atoms with Crippen LogP contribution in [-0.4, -0.2) is 29.8 Å². The van der Waals surface area contributed by atoms with Crippen molar-refractivity contribution in [2.45, 2.75) is 4.90 Å². The normalized spacial score (nSPS) is 12.3. The highest BCUT2D eigenvalue weighted by Gasteiger charge is 2.29. The van der Waals surface area contributed by atoms with Crippen LogP contribution in [0.1, 0.15) is 31.8 Å². The van der Waals surface area contributed by atoms with E-state index in [1.54, 1.807) is 42.5 Å². The van der Waals surface area contributed by atoms with E-state index in [2.05, 4.69) is 4.74 Å². The Morgan fingerprint density at radius 3 is 2.22 bits per heavy atom. The van der Waals surface area contributed by atoms with Gasteiger partial charge in [-0.05, 0) is 18.2 Å². The van der Waals surface area contributed by atoms with Crippen molar-refractivity contribution in [1.82, 2.24) is 0 Å². The van der Waals surface area contributed by atoms with Crippen LogP contribution in [0.4, 0.5) is 0 Å². The van der Waals surface area contributed by atoms with E-state index in [-0.39, 0.29) is 23.8 Å². The van der Waals surface area contributed by atoms with Gasteiger partial charge in [0.15, 0.2) is 11.6 Å². The summed E-state index contributed by atoms with van der Waals surface area (Å²) in [5.74, 6) is -1.13. The zero-order chi connectivity index (χ0) is 16.4. The fourth-order valence-electron chi connectivity index (χ4n) is 2.40. The van der Waals surface area contributed by atoms with Crippen molar-refractivity contribution < 1.29 is 23.9 Å². The largest absolute Gasteiger partial charge is 0.395 e. The molecule has 3 rings (SSSR count). The van der Waals surface area contributed by atoms with Gasteiger partial charge in [0, 0.05) is 27.1 Å². The van der Waals surface area contributed by atoms with E-state index in [1.165, 1.54) is 0 Å². The van der Waals surface area contributed by atoms with Crippen LogP contribution in [0.2, 0.25) is 0 Å². The smallest absolute Gasteiger partial charge is 0.323 e. The first-order valence-corrected chi connectivity index (χ1v) is 7.69. The van der Waals surface area contributed by atoms with Crippen molar-refractivity contribution in [3.63, 3.8) is 0 Å². The molecule has 0 atom stereocenters. The summed E-state index contributed by atoms with van der Waals surface area (Å²) in [5, 5.41) is 0. The van der Waals surface area contributed by atoms with Gasteiger partial charge in [-0.3, -0.25) is 19.2 Å². The Morgan fingerprint density at radius 1 is 0.957 bits per heavy atom. The lowest BCUT2D eigenvalue weighted by molar-refractivity contribution is -0.149. The minimum Gasteiger partial charge on any atom is -0.395 e. The standard InChI is InChI=1S/C17H10O5S/c18-9-22-15(19)8-23-10-5-6-13-14(7-10)17(21)12-4-2-1-3-11(12)16(13)20/h1-7,9H,8H2. The summed E-state index contributed by atoms with van der Waals surface area (Å²) < 4.78 is 4.20. The van der Waals surface area contributed by atoms with Crippen molar-refractivity contribution in [3.05, 3.63) is 64.7 Å². The van der Waals surface area contributed by atoms with Crippen molar-refractivity contribution in [2.75, 3.05) is 5.75 Å². The number of thioether (sulfide) groups is 1. The molecule has 2 aromatic rings. The number of fused-ring (bicyclic) bond motifs is 2. The Balaban J connectivity index is 1.91. The highest BCUT2D eigenvalue weighted by atomic mass is 32.2. The lowest BCUT2D eigenvalue weighted by atomic mass is 9.84. The topological polar surface area (TPSA) is 77.5 Å². The third kappa shape index (κ3) is 2.80. The fourth-order valence-corrected chi connectivity index (χ4v) is 3.12. The maximum absolute atomic E-state index is 12.5. The van der Waals surface area contributed by atoms with Gasteiger partial charge in [0.05, 0.1) is 5.75 Å². The predicted octanol–water partition coefficient (Wildman–Crippen LogP) is 2.25. The lowest BCUT2D eigenvalue weighted by Crippen LogP contribution is -2.20. The summed E-state index contributed by atoms with van der Waals surface area (Å²) >= 11 is 1.13. The quantitative estimate of drug-likeness (QED) is 0.317. The molecule has 0 bridgehead atoms. The molecule has 0 amide bonds. The van der Waals surface area contributed by atoms with Gasteiger partial charge in [-0.2, -0.15) is 0 Å². The Bertz CT molecular complexity index is 841. The Hall–Kier alpha value is -2.73. The Morgan fingerprint density at radius 2 is 1.57 bits per heavy atom. The molecular formula is C17H10O5S. The molecule has 0 aliphatic heterocycles. The molecule has 0 heterocycles. The van der Waals surface area contributed by atoms with Crippen LogP contribution in [-0.2, 0) is 14.3 Å². The summed E-state index contributed by atoms with van der Waals surface area (Å²) in [6.45, 7) is 0.0783. The second-order valence-corrected chi connectivity index (χ2v) is 5.83. The molecule has 0 saturated heterocycles. The fraction of sp³-hybridized carbons (Fsp3) is 0.0588. The summed E-state index contributed by atoms with van der Waals surface area (Å²) in [7, 11) is 0. The molecule has 1 aliphatic rings. The number of benzene rings is 2. The van der Waals surface area contributed by atoms with E-state index in [1.807, 2.05) is 0 Å². The number of esters is 1. The molecule has 1 aliphatic carbocycles. The molecule has 0 N–H and O–H groups in total. The summed E-state index contributed by atoms with van der Waals surface area (Å²) in [5.41, 5.74) is 1.46. The molecule has 0 saturated carbocycles. The SMILES string of the molecule is O=COC(=O)CSc1ccc2c(c1)C(=O)c1ccccc1C2=O. The Kier molecular flexibility index (Phi) is 4.08. The predicted molar refractivity (Wildman–Crippen MR) is 82.6 cm³/mol. The van der Waals surface area contributed by atoms with Crippen LogP contribution in [0.3, 0.4) is 0 Å². The van der Waals surface area contributed by atoms with E-state index in [4.69, 9.17) is 0 Å². The second kappa shape index (κ2) is 6.18. The molecule has 2 aromatic carbocycles. The minimum absolute atomic E-state index is 0.0593. The minimum atomic E-state index is -0.671. The first kappa shape index (κ1) is 15.2. The first-order chi connectivity index (χ1) is 11.1. The van der Waals surface area contributed by atoms with Crippen LogP contribution in [0.25, 0.3) is 0 Å². The van der Waals surface area contributed by atoms with Crippen LogP contribution < -0.4 is 0 Å². The summed E-state index contributed by atoms with van der Waals surface area (Å²) in [6, 6.07) is 11.5. The van der Waals surface area contributed by atoms with E-state index in [9.17, 15) is 19.2 Å². The maximum Gasteiger partial charge on any atom is 0.323 e. The van der Waals surface area contributed by atoms with E-state index >= 15 is 0 Å². The molecule has 0 radical (unpaired) electrons. The zero-order valence-electron chi connectivity index (χ0n) is 11.8. The van der Waals surface area contributed by atoms with Crippen LogP contribution in [0, 0.1) is 0 Å². The van der Waals surface area contributed by atoms with E-state index < -0.39 is 5.97 Å². The lowest BCUT2D eigenvalue weighted by Gasteiger charge is -2.17. The highest BCUT2D eigenvalue weighted by Crippen LogP contribution is 2.30. The van der Waals surface area contributed by atoms with Crippen molar-refractivity contribution >= 4 is 35.8 Å². The van der Waals surface area contributed by atoms with E-state index in [0.717, 1.165) is 11.8 Å². The number of hydrogen-bond donors (Lipinski definition) is 0. The molecule has 0 spiro atoms. The highest BCUT2D eigenvalue weighted by molar-refractivity contribution is 8.00. The second-order valence-electron chi connectivity index (χ2n) is 4.79. The third-order valence-electron chi connectivity index (χ3n) is 3.43. The van der Waals surface area contributed by atoms with Crippen LogP contribution in [0.15, 0.2) is 47.4 Å². The number of ketones is 2. The zero-order valence-corrected chi connectivity index (χ0v) is 12.6. The molecular weight excluding hydrogens is 316 g/mol. The summed E-state index contributed by atoms with van der Waals surface area (Å²) in [6.07, 6.45) is 0. The van der Waals surface area contributed by atoms with Gasteiger partial charge in [0.2, 0.25) is 0 Å². The van der Waals surface area contributed by atoms with Gasteiger partial charge in [-0.1, -0.05) is 24.3 Å². The van der Waals surface area contributed by atoms with Gasteiger partial charge in [0.25, 0.3) is 0 Å². The molecule has 0 fully saturated rings. The van der Waals surface area contributed by atoms with Crippen molar-refractivity contribution in [1.29, 1.82) is 0 Å². The van der Waals surface area contributed by atoms with Crippen molar-refractivity contribution in [3.8, 4) is 0 Å². The van der Waals surface area contributed by atoms with E-state index in [0.29, 0.717) is 27.1 Å². The number of carbonyl (C=O) groups excluding carboxylic acids is 4. The first-order valence-electron chi connectivity index (χ1n) is 6.70. The molecule has 6 heteroatoms. The average Bonchev–Trinajstić information content (AvgIpc) is 2.58. The van der Waals surface area contributed by atoms with Gasteiger partial charge >= 0.3 is 12.4 Å². The molecule has 23 heavy (non-hydrogen) atoms. The van der Waals surface area contributed by atoms with Crippen LogP contribution in [0.5, 0.6) is 0 Å². The van der Waals surface area contributed by atoms with Gasteiger partial charge in [-0.25, -0.2) is 0 Å². The van der Waals surface area contributed by atoms with Gasteiger partial charge < -0.3 is 4.74 Å². The molecule has 0 aromatic heterocycles. The summed E-state index contributed by atoms with van der Waals surface area (Å²) in [4.78, 5) is 46.9. The van der Waals surface area contributed by atoms with Crippen LogP contribution >= 0.6 is 11.8 Å². The maximum atomic E-state index is 12.5. The monoisotopic (exact) mass is 326 g/mol. The third-order valence-corrected chi connectivity index (χ3v) is 4.40. The Labute approximate surface area is 135 Å². The average molecular weight is 326 g/mol. The molecule has 0 unspecified atom stereocenters.